The molecule has 0 aliphatic carbocycles. The van der Waals surface area contributed by atoms with Gasteiger partial charge in [0.1, 0.15) is 6.04 Å². The Morgan fingerprint density at radius 2 is 2.00 bits per heavy atom. The van der Waals surface area contributed by atoms with E-state index >= 15 is 0 Å². The molecule has 1 unspecified atom stereocenters. The first-order chi connectivity index (χ1) is 7.04. The van der Waals surface area contributed by atoms with Crippen molar-refractivity contribution in [1.29, 1.82) is 0 Å². The number of amides is 1. The maximum absolute atomic E-state index is 11.3. The van der Waals surface area contributed by atoms with Crippen molar-refractivity contribution in [1.82, 2.24) is 5.32 Å². The lowest BCUT2D eigenvalue weighted by Crippen LogP contribution is -2.41. The predicted molar refractivity (Wildman–Crippen MR) is 54.1 cm³/mol. The average molecular weight is 218 g/mol. The molecule has 3 N–H and O–H groups in total. The van der Waals surface area contributed by atoms with Gasteiger partial charge in [-0.05, 0) is 6.92 Å². The van der Waals surface area contributed by atoms with Gasteiger partial charge in [-0.2, -0.15) is 0 Å². The van der Waals surface area contributed by atoms with Crippen LogP contribution in [-0.4, -0.2) is 44.8 Å². The minimum atomic E-state index is -0.655. The molecule has 0 aliphatic heterocycles. The molecule has 0 saturated heterocycles. The van der Waals surface area contributed by atoms with E-state index in [0.717, 1.165) is 0 Å². The Labute approximate surface area is 89.1 Å². The number of nitrogens with two attached hydrogens (primary N) is 1. The summed E-state index contributed by atoms with van der Waals surface area (Å²) in [6.07, 6.45) is -0.191. The Bertz CT molecular complexity index is 216. The molecule has 2 atom stereocenters. The summed E-state index contributed by atoms with van der Waals surface area (Å²) in [6, 6.07) is -0.655. The highest BCUT2D eigenvalue weighted by Crippen LogP contribution is 1.96. The van der Waals surface area contributed by atoms with Crippen molar-refractivity contribution in [3.8, 4) is 0 Å². The van der Waals surface area contributed by atoms with Crippen molar-refractivity contribution >= 4 is 11.9 Å². The number of nitrogens with one attached hydrogen (secondary N) is 1. The van der Waals surface area contributed by atoms with Gasteiger partial charge in [-0.25, -0.2) is 4.79 Å². The van der Waals surface area contributed by atoms with E-state index in [1.165, 1.54) is 14.2 Å². The third kappa shape index (κ3) is 5.34. The molecular formula is C9H18N2O4. The van der Waals surface area contributed by atoms with Crippen molar-refractivity contribution in [3.05, 3.63) is 0 Å². The first kappa shape index (κ1) is 13.9. The minimum Gasteiger partial charge on any atom is -0.467 e. The fraction of sp³-hybridized carbons (Fsp3) is 0.778. The normalized spacial score (nSPS) is 14.1. The summed E-state index contributed by atoms with van der Waals surface area (Å²) in [5.74, 6) is -0.768. The molecule has 0 bridgehead atoms. The molecule has 0 aromatic rings. The Balaban J connectivity index is 3.97. The van der Waals surface area contributed by atoms with Gasteiger partial charge < -0.3 is 20.5 Å². The van der Waals surface area contributed by atoms with E-state index in [-0.39, 0.29) is 25.0 Å². The molecule has 0 aliphatic rings. The van der Waals surface area contributed by atoms with E-state index in [0.29, 0.717) is 0 Å². The number of ether oxygens (including phenoxy) is 2. The van der Waals surface area contributed by atoms with Crippen LogP contribution in [0.4, 0.5) is 0 Å². The third-order valence-electron chi connectivity index (χ3n) is 1.94. The summed E-state index contributed by atoms with van der Waals surface area (Å²) in [5, 5.41) is 2.48. The van der Waals surface area contributed by atoms with Crippen molar-refractivity contribution < 1.29 is 19.1 Å². The monoisotopic (exact) mass is 218 g/mol. The predicted octanol–water partition coefficient (Wildman–Crippen LogP) is -0.972. The standard InChI is InChI=1S/C9H18N2O4/c1-6(9(13)15-3)11-8(12)4-7(5-10)14-2/h6-7H,4-5,10H2,1-3H3,(H,11,12)/t6-,7?/m0/s1. The molecular weight excluding hydrogens is 200 g/mol. The zero-order valence-corrected chi connectivity index (χ0v) is 9.28. The van der Waals surface area contributed by atoms with E-state index in [1.54, 1.807) is 6.92 Å². The molecule has 1 amide bonds. The van der Waals surface area contributed by atoms with Crippen molar-refractivity contribution in [2.45, 2.75) is 25.5 Å². The second-order valence-electron chi connectivity index (χ2n) is 3.11. The maximum Gasteiger partial charge on any atom is 0.328 e. The van der Waals surface area contributed by atoms with E-state index in [4.69, 9.17) is 10.5 Å². The number of hydrogen-bond acceptors (Lipinski definition) is 5. The van der Waals surface area contributed by atoms with Gasteiger partial charge in [0.15, 0.2) is 0 Å². The molecule has 0 fully saturated rings. The number of methoxy groups -OCH3 is 2. The fourth-order valence-electron chi connectivity index (χ4n) is 1.01. The molecule has 0 aromatic carbocycles. The Morgan fingerprint density at radius 3 is 2.40 bits per heavy atom. The van der Waals surface area contributed by atoms with Gasteiger partial charge >= 0.3 is 5.97 Å². The largest absolute Gasteiger partial charge is 0.467 e. The summed E-state index contributed by atoms with van der Waals surface area (Å²) in [6.45, 7) is 1.81. The molecule has 0 radical (unpaired) electrons. The van der Waals surface area contributed by atoms with Crippen molar-refractivity contribution in [3.63, 3.8) is 0 Å². The Morgan fingerprint density at radius 1 is 1.40 bits per heavy atom. The summed E-state index contributed by atoms with van der Waals surface area (Å²) in [7, 11) is 2.75. The molecule has 6 nitrogen and oxygen atoms in total. The van der Waals surface area contributed by atoms with Crippen LogP contribution in [0.5, 0.6) is 0 Å². The van der Waals surface area contributed by atoms with E-state index in [1.807, 2.05) is 0 Å². The number of esters is 1. The van der Waals surface area contributed by atoms with Gasteiger partial charge in [-0.3, -0.25) is 4.79 Å². The van der Waals surface area contributed by atoms with E-state index < -0.39 is 12.0 Å². The zero-order valence-electron chi connectivity index (χ0n) is 9.28. The van der Waals surface area contributed by atoms with Gasteiger partial charge in [0, 0.05) is 13.7 Å². The molecule has 0 aromatic heterocycles. The van der Waals surface area contributed by atoms with Crippen LogP contribution < -0.4 is 11.1 Å². The average Bonchev–Trinajstić information content (AvgIpc) is 2.24. The van der Waals surface area contributed by atoms with Crippen LogP contribution in [-0.2, 0) is 19.1 Å². The molecule has 88 valence electrons. The van der Waals surface area contributed by atoms with Crippen LogP contribution in [0.1, 0.15) is 13.3 Å². The number of rotatable bonds is 6. The summed E-state index contributed by atoms with van der Waals surface area (Å²) < 4.78 is 9.40. The van der Waals surface area contributed by atoms with E-state index in [2.05, 4.69) is 10.1 Å². The lowest BCUT2D eigenvalue weighted by molar-refractivity contribution is -0.144. The van der Waals surface area contributed by atoms with Crippen LogP contribution in [0.25, 0.3) is 0 Å². The number of carbonyl (C=O) groups excluding carboxylic acids is 2. The maximum atomic E-state index is 11.3. The van der Waals surface area contributed by atoms with Gasteiger partial charge in [0.25, 0.3) is 0 Å². The molecule has 6 heteroatoms. The van der Waals surface area contributed by atoms with Crippen molar-refractivity contribution in [2.75, 3.05) is 20.8 Å². The third-order valence-corrected chi connectivity index (χ3v) is 1.94. The molecule has 15 heavy (non-hydrogen) atoms. The molecule has 0 spiro atoms. The number of carbonyl (C=O) groups is 2. The summed E-state index contributed by atoms with van der Waals surface area (Å²) in [5.41, 5.74) is 5.35. The van der Waals surface area contributed by atoms with Crippen LogP contribution >= 0.6 is 0 Å². The highest BCUT2D eigenvalue weighted by Gasteiger charge is 2.18. The lowest BCUT2D eigenvalue weighted by atomic mass is 10.2. The SMILES string of the molecule is COC(=O)[C@H](C)NC(=O)CC(CN)OC. The smallest absolute Gasteiger partial charge is 0.328 e. The summed E-state index contributed by atoms with van der Waals surface area (Å²) in [4.78, 5) is 22.3. The highest BCUT2D eigenvalue weighted by molar-refractivity contribution is 5.84. The highest BCUT2D eigenvalue weighted by atomic mass is 16.5. The zero-order chi connectivity index (χ0) is 11.8. The quantitative estimate of drug-likeness (QED) is 0.560. The van der Waals surface area contributed by atoms with Gasteiger partial charge in [-0.15, -0.1) is 0 Å². The van der Waals surface area contributed by atoms with Gasteiger partial charge in [0.05, 0.1) is 19.6 Å². The molecule has 0 heterocycles. The Hall–Kier alpha value is -1.14. The van der Waals surface area contributed by atoms with Crippen LogP contribution in [0, 0.1) is 0 Å². The van der Waals surface area contributed by atoms with Gasteiger partial charge in [0.2, 0.25) is 5.91 Å². The Kier molecular flexibility index (Phi) is 6.64. The van der Waals surface area contributed by atoms with Crippen LogP contribution in [0.2, 0.25) is 0 Å². The molecule has 0 saturated carbocycles. The van der Waals surface area contributed by atoms with E-state index in [9.17, 15) is 9.59 Å². The first-order valence-corrected chi connectivity index (χ1v) is 4.65. The minimum absolute atomic E-state index is 0.133. The van der Waals surface area contributed by atoms with Gasteiger partial charge in [-0.1, -0.05) is 0 Å². The first-order valence-electron chi connectivity index (χ1n) is 4.65. The van der Waals surface area contributed by atoms with Crippen LogP contribution in [0.15, 0.2) is 0 Å². The summed E-state index contributed by atoms with van der Waals surface area (Å²) >= 11 is 0. The molecule has 0 rings (SSSR count). The second kappa shape index (κ2) is 7.19. The second-order valence-corrected chi connectivity index (χ2v) is 3.11. The van der Waals surface area contributed by atoms with Crippen LogP contribution in [0.3, 0.4) is 0 Å². The van der Waals surface area contributed by atoms with Crippen molar-refractivity contribution in [2.24, 2.45) is 5.73 Å². The topological polar surface area (TPSA) is 90.7 Å². The number of hydrogen-bond donors (Lipinski definition) is 2. The lowest BCUT2D eigenvalue weighted by Gasteiger charge is -2.15. The fourth-order valence-corrected chi connectivity index (χ4v) is 1.01.